The third-order valence-corrected chi connectivity index (χ3v) is 4.65. The fourth-order valence-electron chi connectivity index (χ4n) is 3.42. The van der Waals surface area contributed by atoms with Crippen LogP contribution in [0, 0.1) is 5.41 Å². The zero-order chi connectivity index (χ0) is 14.6. The Labute approximate surface area is 120 Å². The van der Waals surface area contributed by atoms with Gasteiger partial charge in [-0.05, 0) is 38.5 Å². The van der Waals surface area contributed by atoms with E-state index in [1.165, 1.54) is 18.4 Å². The van der Waals surface area contributed by atoms with Crippen LogP contribution in [0.2, 0.25) is 0 Å². The largest absolute Gasteiger partial charge is 0.481 e. The minimum atomic E-state index is -0.744. The smallest absolute Gasteiger partial charge is 0.311 e. The molecule has 1 aliphatic heterocycles. The molecule has 1 atom stereocenters. The molecule has 0 aromatic heterocycles. The quantitative estimate of drug-likeness (QED) is 0.787. The highest BCUT2D eigenvalue weighted by molar-refractivity contribution is 5.82. The molecule has 1 fully saturated rings. The number of likely N-dealkylation sites (tertiary alicyclic amines) is 1. The molecular weight excluding hydrogens is 254 g/mol. The van der Waals surface area contributed by atoms with Gasteiger partial charge in [-0.2, -0.15) is 0 Å². The van der Waals surface area contributed by atoms with Crippen LogP contribution in [0.4, 0.5) is 0 Å². The number of carbonyl (C=O) groups excluding carboxylic acids is 1. The number of carbonyl (C=O) groups is 2. The van der Waals surface area contributed by atoms with E-state index in [0.717, 1.165) is 19.3 Å². The molecule has 2 rings (SSSR count). The SMILES string of the molecule is CCCC1(C(=O)O)CCN(C(=O)CC2=CCCCC2)C1. The van der Waals surface area contributed by atoms with E-state index < -0.39 is 11.4 Å². The van der Waals surface area contributed by atoms with Crippen LogP contribution >= 0.6 is 0 Å². The van der Waals surface area contributed by atoms with Crippen LogP contribution in [-0.4, -0.2) is 35.0 Å². The minimum Gasteiger partial charge on any atom is -0.481 e. The summed E-state index contributed by atoms with van der Waals surface area (Å²) in [6, 6.07) is 0. The Kier molecular flexibility index (Phi) is 4.84. The molecule has 1 N–H and O–H groups in total. The molecule has 0 aromatic rings. The Morgan fingerprint density at radius 3 is 2.80 bits per heavy atom. The molecule has 1 unspecified atom stereocenters. The summed E-state index contributed by atoms with van der Waals surface area (Å²) in [5.41, 5.74) is 0.537. The van der Waals surface area contributed by atoms with Gasteiger partial charge >= 0.3 is 5.97 Å². The third-order valence-electron chi connectivity index (χ3n) is 4.65. The second-order valence-electron chi connectivity index (χ2n) is 6.19. The number of allylic oxidation sites excluding steroid dienone is 1. The summed E-state index contributed by atoms with van der Waals surface area (Å²) in [4.78, 5) is 25.6. The normalized spacial score (nSPS) is 26.4. The van der Waals surface area contributed by atoms with Crippen LogP contribution in [-0.2, 0) is 9.59 Å². The fourth-order valence-corrected chi connectivity index (χ4v) is 3.42. The maximum Gasteiger partial charge on any atom is 0.311 e. The topological polar surface area (TPSA) is 57.6 Å². The Morgan fingerprint density at radius 2 is 2.20 bits per heavy atom. The fraction of sp³-hybridized carbons (Fsp3) is 0.750. The van der Waals surface area contributed by atoms with Crippen molar-refractivity contribution in [1.82, 2.24) is 4.90 Å². The molecular formula is C16H25NO3. The number of rotatable bonds is 5. The second kappa shape index (κ2) is 6.42. The van der Waals surface area contributed by atoms with Gasteiger partial charge in [0.1, 0.15) is 0 Å². The molecule has 1 aliphatic carbocycles. The zero-order valence-electron chi connectivity index (χ0n) is 12.4. The van der Waals surface area contributed by atoms with Crippen LogP contribution in [0.3, 0.4) is 0 Å². The van der Waals surface area contributed by atoms with Gasteiger partial charge < -0.3 is 10.0 Å². The molecule has 1 saturated heterocycles. The van der Waals surface area contributed by atoms with Crippen molar-refractivity contribution in [3.8, 4) is 0 Å². The molecule has 4 nitrogen and oxygen atoms in total. The maximum absolute atomic E-state index is 12.3. The lowest BCUT2D eigenvalue weighted by molar-refractivity contribution is -0.149. The van der Waals surface area contributed by atoms with Gasteiger partial charge in [-0.3, -0.25) is 9.59 Å². The Balaban J connectivity index is 1.95. The van der Waals surface area contributed by atoms with Crippen LogP contribution < -0.4 is 0 Å². The predicted molar refractivity (Wildman–Crippen MR) is 77.3 cm³/mol. The standard InChI is InChI=1S/C16H25NO3/c1-2-8-16(15(19)20)9-10-17(12-16)14(18)11-13-6-4-3-5-7-13/h6H,2-5,7-12H2,1H3,(H,19,20). The third kappa shape index (κ3) is 3.22. The number of carboxylic acids is 1. The van der Waals surface area contributed by atoms with Gasteiger partial charge in [-0.15, -0.1) is 0 Å². The Bertz CT molecular complexity index is 416. The molecule has 1 amide bonds. The number of amides is 1. The number of nitrogens with zero attached hydrogens (tertiary/aromatic N) is 1. The van der Waals surface area contributed by atoms with Gasteiger partial charge in [0.25, 0.3) is 0 Å². The summed E-state index contributed by atoms with van der Waals surface area (Å²) in [5.74, 6) is -0.635. The second-order valence-corrected chi connectivity index (χ2v) is 6.19. The van der Waals surface area contributed by atoms with Crippen molar-refractivity contribution in [1.29, 1.82) is 0 Å². The van der Waals surface area contributed by atoms with Crippen LogP contribution in [0.1, 0.15) is 58.3 Å². The van der Waals surface area contributed by atoms with Crippen molar-refractivity contribution >= 4 is 11.9 Å². The van der Waals surface area contributed by atoms with E-state index in [1.807, 2.05) is 6.92 Å². The molecule has 4 heteroatoms. The first-order chi connectivity index (χ1) is 9.57. The van der Waals surface area contributed by atoms with E-state index in [9.17, 15) is 14.7 Å². The maximum atomic E-state index is 12.3. The molecule has 0 aromatic carbocycles. The van der Waals surface area contributed by atoms with Crippen molar-refractivity contribution in [3.05, 3.63) is 11.6 Å². The molecule has 0 spiro atoms. The van der Waals surface area contributed by atoms with E-state index in [2.05, 4.69) is 6.08 Å². The van der Waals surface area contributed by atoms with Gasteiger partial charge in [0.2, 0.25) is 5.91 Å². The summed E-state index contributed by atoms with van der Waals surface area (Å²) in [6.45, 7) is 2.99. The van der Waals surface area contributed by atoms with E-state index in [1.54, 1.807) is 4.90 Å². The number of hydrogen-bond acceptors (Lipinski definition) is 2. The Hall–Kier alpha value is -1.32. The summed E-state index contributed by atoms with van der Waals surface area (Å²) < 4.78 is 0. The molecule has 0 bridgehead atoms. The van der Waals surface area contributed by atoms with E-state index in [4.69, 9.17) is 0 Å². The predicted octanol–water partition coefficient (Wildman–Crippen LogP) is 2.98. The van der Waals surface area contributed by atoms with Crippen LogP contribution in [0.5, 0.6) is 0 Å². The lowest BCUT2D eigenvalue weighted by atomic mass is 9.83. The van der Waals surface area contributed by atoms with E-state index in [-0.39, 0.29) is 5.91 Å². The first-order valence-electron chi connectivity index (χ1n) is 7.76. The lowest BCUT2D eigenvalue weighted by Gasteiger charge is -2.24. The van der Waals surface area contributed by atoms with Gasteiger partial charge in [0.05, 0.1) is 5.41 Å². The summed E-state index contributed by atoms with van der Waals surface area (Å²) in [7, 11) is 0. The highest BCUT2D eigenvalue weighted by Gasteiger charge is 2.45. The van der Waals surface area contributed by atoms with Gasteiger partial charge in [0.15, 0.2) is 0 Å². The lowest BCUT2D eigenvalue weighted by Crippen LogP contribution is -2.37. The Morgan fingerprint density at radius 1 is 1.40 bits per heavy atom. The van der Waals surface area contributed by atoms with Crippen molar-refractivity contribution in [2.45, 2.75) is 58.3 Å². The van der Waals surface area contributed by atoms with Crippen molar-refractivity contribution < 1.29 is 14.7 Å². The molecule has 0 saturated carbocycles. The van der Waals surface area contributed by atoms with E-state index >= 15 is 0 Å². The molecule has 20 heavy (non-hydrogen) atoms. The number of aliphatic carboxylic acids is 1. The highest BCUT2D eigenvalue weighted by Crippen LogP contribution is 2.36. The van der Waals surface area contributed by atoms with E-state index in [0.29, 0.717) is 32.4 Å². The summed E-state index contributed by atoms with van der Waals surface area (Å²) in [5, 5.41) is 9.47. The average molecular weight is 279 g/mol. The summed E-state index contributed by atoms with van der Waals surface area (Å²) >= 11 is 0. The highest BCUT2D eigenvalue weighted by atomic mass is 16.4. The number of hydrogen-bond donors (Lipinski definition) is 1. The summed E-state index contributed by atoms with van der Waals surface area (Å²) in [6.07, 6.45) is 9.29. The van der Waals surface area contributed by atoms with Gasteiger partial charge in [-0.1, -0.05) is 25.0 Å². The molecule has 112 valence electrons. The first-order valence-corrected chi connectivity index (χ1v) is 7.76. The van der Waals surface area contributed by atoms with Crippen LogP contribution in [0.25, 0.3) is 0 Å². The van der Waals surface area contributed by atoms with Crippen molar-refractivity contribution in [2.75, 3.05) is 13.1 Å². The first kappa shape index (κ1) is 15.1. The van der Waals surface area contributed by atoms with Gasteiger partial charge in [0, 0.05) is 19.5 Å². The number of carboxylic acid groups (broad SMARTS) is 1. The zero-order valence-corrected chi connectivity index (χ0v) is 12.4. The van der Waals surface area contributed by atoms with Gasteiger partial charge in [-0.25, -0.2) is 0 Å². The average Bonchev–Trinajstić information content (AvgIpc) is 2.86. The molecule has 1 heterocycles. The van der Waals surface area contributed by atoms with Crippen molar-refractivity contribution in [2.24, 2.45) is 5.41 Å². The molecule has 0 radical (unpaired) electrons. The van der Waals surface area contributed by atoms with Crippen molar-refractivity contribution in [3.63, 3.8) is 0 Å². The minimum absolute atomic E-state index is 0.109. The van der Waals surface area contributed by atoms with Crippen LogP contribution in [0.15, 0.2) is 11.6 Å². The monoisotopic (exact) mass is 279 g/mol. The molecule has 2 aliphatic rings.